The second kappa shape index (κ2) is 7.53. The number of nitro groups is 1. The molecule has 0 atom stereocenters. The number of nitro benzene ring substituents is 1. The quantitative estimate of drug-likeness (QED) is 0.574. The van der Waals surface area contributed by atoms with Gasteiger partial charge in [-0.3, -0.25) is 10.1 Å². The number of rotatable bonds is 5. The second-order valence-electron chi connectivity index (χ2n) is 6.32. The highest BCUT2D eigenvalue weighted by Crippen LogP contribution is 2.33. The Balaban J connectivity index is 1.78. The minimum atomic E-state index is -3.57. The third-order valence-corrected chi connectivity index (χ3v) is 6.53. The molecular formula is C18H21N3O5S. The molecule has 0 spiro atoms. The van der Waals surface area contributed by atoms with Gasteiger partial charge in [-0.15, -0.1) is 0 Å². The van der Waals surface area contributed by atoms with Crippen LogP contribution in [0.4, 0.5) is 11.4 Å². The molecule has 1 fully saturated rings. The normalized spacial score (nSPS) is 15.6. The van der Waals surface area contributed by atoms with Gasteiger partial charge in [0.25, 0.3) is 5.69 Å². The van der Waals surface area contributed by atoms with E-state index in [0.717, 1.165) is 5.56 Å². The molecule has 27 heavy (non-hydrogen) atoms. The molecule has 0 N–H and O–H groups in total. The van der Waals surface area contributed by atoms with E-state index in [0.29, 0.717) is 24.5 Å². The Morgan fingerprint density at radius 3 is 2.22 bits per heavy atom. The fourth-order valence-corrected chi connectivity index (χ4v) is 4.49. The van der Waals surface area contributed by atoms with Crippen molar-refractivity contribution in [1.29, 1.82) is 0 Å². The molecule has 1 saturated heterocycles. The molecule has 2 aromatic rings. The van der Waals surface area contributed by atoms with E-state index in [1.165, 1.54) is 17.5 Å². The number of aryl methyl sites for hydroxylation is 1. The van der Waals surface area contributed by atoms with Crippen LogP contribution in [0.3, 0.4) is 0 Å². The van der Waals surface area contributed by atoms with Gasteiger partial charge in [-0.2, -0.15) is 4.31 Å². The lowest BCUT2D eigenvalue weighted by Gasteiger charge is -2.35. The largest absolute Gasteiger partial charge is 0.496 e. The monoisotopic (exact) mass is 391 g/mol. The summed E-state index contributed by atoms with van der Waals surface area (Å²) in [6.45, 7) is 3.17. The molecule has 2 aromatic carbocycles. The molecular weight excluding hydrogens is 370 g/mol. The van der Waals surface area contributed by atoms with Crippen LogP contribution in [-0.2, 0) is 10.0 Å². The summed E-state index contributed by atoms with van der Waals surface area (Å²) >= 11 is 0. The summed E-state index contributed by atoms with van der Waals surface area (Å²) in [7, 11) is -2.12. The summed E-state index contributed by atoms with van der Waals surface area (Å²) in [6, 6.07) is 11.4. The SMILES string of the molecule is COc1ccc(N2CCN(S(=O)(=O)c3ccc(C)cc3)CC2)c([N+](=O)[O-])c1. The molecule has 9 heteroatoms. The minimum absolute atomic E-state index is 0.0517. The summed E-state index contributed by atoms with van der Waals surface area (Å²) in [6.07, 6.45) is 0. The van der Waals surface area contributed by atoms with Gasteiger partial charge in [-0.25, -0.2) is 8.42 Å². The molecule has 3 rings (SSSR count). The van der Waals surface area contributed by atoms with Gasteiger partial charge in [-0.05, 0) is 31.2 Å². The van der Waals surface area contributed by atoms with Crippen LogP contribution in [0.2, 0.25) is 0 Å². The Morgan fingerprint density at radius 2 is 1.67 bits per heavy atom. The van der Waals surface area contributed by atoms with Gasteiger partial charge in [-0.1, -0.05) is 17.7 Å². The third-order valence-electron chi connectivity index (χ3n) is 4.62. The molecule has 0 amide bonds. The Labute approximate surface area is 158 Å². The summed E-state index contributed by atoms with van der Waals surface area (Å²) in [5, 5.41) is 11.4. The number of nitrogens with zero attached hydrogens (tertiary/aromatic N) is 3. The van der Waals surface area contributed by atoms with E-state index in [1.807, 2.05) is 11.8 Å². The first-order valence-corrected chi connectivity index (χ1v) is 9.91. The molecule has 0 aliphatic carbocycles. The number of methoxy groups -OCH3 is 1. The van der Waals surface area contributed by atoms with Gasteiger partial charge in [0.15, 0.2) is 0 Å². The van der Waals surface area contributed by atoms with Crippen LogP contribution in [-0.4, -0.2) is 50.9 Å². The average molecular weight is 391 g/mol. The molecule has 1 aliphatic rings. The molecule has 0 bridgehead atoms. The van der Waals surface area contributed by atoms with Gasteiger partial charge in [0.1, 0.15) is 11.4 Å². The van der Waals surface area contributed by atoms with Crippen molar-refractivity contribution in [3.8, 4) is 5.75 Å². The van der Waals surface area contributed by atoms with Crippen molar-refractivity contribution in [2.45, 2.75) is 11.8 Å². The van der Waals surface area contributed by atoms with Crippen LogP contribution in [0.25, 0.3) is 0 Å². The van der Waals surface area contributed by atoms with Gasteiger partial charge in [0, 0.05) is 26.2 Å². The fourth-order valence-electron chi connectivity index (χ4n) is 3.07. The molecule has 0 radical (unpaired) electrons. The van der Waals surface area contributed by atoms with Crippen molar-refractivity contribution in [3.05, 3.63) is 58.1 Å². The van der Waals surface area contributed by atoms with Gasteiger partial charge in [0.05, 0.1) is 23.0 Å². The first-order valence-electron chi connectivity index (χ1n) is 8.47. The zero-order chi connectivity index (χ0) is 19.6. The number of sulfonamides is 1. The van der Waals surface area contributed by atoms with Crippen molar-refractivity contribution in [1.82, 2.24) is 4.31 Å². The van der Waals surface area contributed by atoms with Crippen molar-refractivity contribution in [3.63, 3.8) is 0 Å². The zero-order valence-corrected chi connectivity index (χ0v) is 16.0. The molecule has 144 valence electrons. The molecule has 1 aliphatic heterocycles. The van der Waals surface area contributed by atoms with Gasteiger partial charge < -0.3 is 9.64 Å². The predicted molar refractivity (Wildman–Crippen MR) is 102 cm³/mol. The van der Waals surface area contributed by atoms with Crippen LogP contribution >= 0.6 is 0 Å². The maximum atomic E-state index is 12.8. The highest BCUT2D eigenvalue weighted by molar-refractivity contribution is 7.89. The minimum Gasteiger partial charge on any atom is -0.496 e. The zero-order valence-electron chi connectivity index (χ0n) is 15.2. The van der Waals surface area contributed by atoms with Crippen LogP contribution in [0, 0.1) is 17.0 Å². The van der Waals surface area contributed by atoms with Gasteiger partial charge in [0.2, 0.25) is 10.0 Å². The fraction of sp³-hybridized carbons (Fsp3) is 0.333. The van der Waals surface area contributed by atoms with Crippen LogP contribution in [0.5, 0.6) is 5.75 Å². The topological polar surface area (TPSA) is 93.0 Å². The lowest BCUT2D eigenvalue weighted by atomic mass is 10.2. The predicted octanol–water partition coefficient (Wildman–Crippen LogP) is 2.42. The summed E-state index contributed by atoms with van der Waals surface area (Å²) in [5.41, 5.74) is 1.41. The van der Waals surface area contributed by atoms with E-state index in [1.54, 1.807) is 36.4 Å². The molecule has 1 heterocycles. The van der Waals surface area contributed by atoms with Crippen LogP contribution in [0.15, 0.2) is 47.4 Å². The maximum Gasteiger partial charge on any atom is 0.296 e. The maximum absolute atomic E-state index is 12.8. The molecule has 0 aromatic heterocycles. The summed E-state index contributed by atoms with van der Waals surface area (Å²) in [5.74, 6) is 0.408. The number of piperazine rings is 1. The Bertz CT molecular complexity index is 936. The van der Waals surface area contributed by atoms with E-state index >= 15 is 0 Å². The van der Waals surface area contributed by atoms with E-state index in [2.05, 4.69) is 0 Å². The highest BCUT2D eigenvalue weighted by Gasteiger charge is 2.30. The summed E-state index contributed by atoms with van der Waals surface area (Å²) in [4.78, 5) is 13.0. The van der Waals surface area contributed by atoms with Crippen molar-refractivity contribution < 1.29 is 18.1 Å². The van der Waals surface area contributed by atoms with Crippen LogP contribution in [0.1, 0.15) is 5.56 Å². The summed E-state index contributed by atoms with van der Waals surface area (Å²) < 4.78 is 32.0. The standard InChI is InChI=1S/C18H21N3O5S/c1-14-3-6-16(7-4-14)27(24,25)20-11-9-19(10-12-20)17-8-5-15(26-2)13-18(17)21(22)23/h3-8,13H,9-12H2,1-2H3. The van der Waals surface area contributed by atoms with Crippen molar-refractivity contribution in [2.75, 3.05) is 38.2 Å². The van der Waals surface area contributed by atoms with Crippen molar-refractivity contribution >= 4 is 21.4 Å². The highest BCUT2D eigenvalue weighted by atomic mass is 32.2. The lowest BCUT2D eigenvalue weighted by molar-refractivity contribution is -0.384. The number of benzene rings is 2. The lowest BCUT2D eigenvalue weighted by Crippen LogP contribution is -2.48. The Morgan fingerprint density at radius 1 is 1.04 bits per heavy atom. The van der Waals surface area contributed by atoms with Crippen molar-refractivity contribution in [2.24, 2.45) is 0 Å². The second-order valence-corrected chi connectivity index (χ2v) is 8.25. The molecule has 0 unspecified atom stereocenters. The van der Waals surface area contributed by atoms with E-state index in [9.17, 15) is 18.5 Å². The van der Waals surface area contributed by atoms with Gasteiger partial charge >= 0.3 is 0 Å². The average Bonchev–Trinajstić information content (AvgIpc) is 2.68. The molecule has 8 nitrogen and oxygen atoms in total. The van der Waals surface area contributed by atoms with E-state index in [-0.39, 0.29) is 23.7 Å². The number of hydrogen-bond donors (Lipinski definition) is 0. The number of anilines is 1. The Kier molecular flexibility index (Phi) is 5.33. The Hall–Kier alpha value is -2.65. The number of hydrogen-bond acceptors (Lipinski definition) is 6. The van der Waals surface area contributed by atoms with E-state index in [4.69, 9.17) is 4.74 Å². The van der Waals surface area contributed by atoms with Crippen LogP contribution < -0.4 is 9.64 Å². The smallest absolute Gasteiger partial charge is 0.296 e. The molecule has 0 saturated carbocycles. The number of ether oxygens (including phenoxy) is 1. The first-order chi connectivity index (χ1) is 12.8. The van der Waals surface area contributed by atoms with E-state index < -0.39 is 14.9 Å². The third kappa shape index (κ3) is 3.88. The first kappa shape index (κ1) is 19.1.